The lowest BCUT2D eigenvalue weighted by Crippen LogP contribution is -2.35. The highest BCUT2D eigenvalue weighted by molar-refractivity contribution is 7.89. The summed E-state index contributed by atoms with van der Waals surface area (Å²) in [5.41, 5.74) is 6.21. The van der Waals surface area contributed by atoms with Crippen LogP contribution in [0.5, 0.6) is 11.5 Å². The molecule has 0 radical (unpaired) electrons. The molecule has 0 aliphatic carbocycles. The Hall–Kier alpha value is -3.13. The molecule has 38 heavy (non-hydrogen) atoms. The summed E-state index contributed by atoms with van der Waals surface area (Å²) in [4.78, 5) is 13.7. The monoisotopic (exact) mass is 597 g/mol. The zero-order valence-electron chi connectivity index (χ0n) is 20.9. The molecule has 0 heterocycles. The first-order valence-electron chi connectivity index (χ1n) is 10.1. The quantitative estimate of drug-likeness (QED) is 0.138. The van der Waals surface area contributed by atoms with Gasteiger partial charge in [0.25, 0.3) is 26.1 Å². The lowest BCUT2D eigenvalue weighted by Gasteiger charge is -2.13. The van der Waals surface area contributed by atoms with Crippen LogP contribution in [0.4, 0.5) is 0 Å². The zero-order valence-corrected chi connectivity index (χ0v) is 23.4. The molecule has 0 aromatic heterocycles. The number of hydrogen-bond acceptors (Lipinski definition) is 10. The van der Waals surface area contributed by atoms with Gasteiger partial charge in [-0.15, -0.1) is 0 Å². The van der Waals surface area contributed by atoms with Crippen LogP contribution in [0.15, 0.2) is 47.4 Å². The van der Waals surface area contributed by atoms with Gasteiger partial charge in [-0.05, 0) is 56.4 Å². The lowest BCUT2D eigenvalue weighted by atomic mass is 10.1. The van der Waals surface area contributed by atoms with Crippen molar-refractivity contribution in [2.24, 2.45) is 10.9 Å². The van der Waals surface area contributed by atoms with Gasteiger partial charge in [-0.3, -0.25) is 24.6 Å². The molecule has 8 N–H and O–H groups in total. The second-order valence-electron chi connectivity index (χ2n) is 7.84. The van der Waals surface area contributed by atoms with Gasteiger partial charge in [0.2, 0.25) is 10.0 Å². The Balaban J connectivity index is 0.00000116. The van der Waals surface area contributed by atoms with Crippen molar-refractivity contribution in [1.29, 1.82) is 5.41 Å². The van der Waals surface area contributed by atoms with Crippen molar-refractivity contribution in [2.45, 2.75) is 11.3 Å². The van der Waals surface area contributed by atoms with Gasteiger partial charge in [-0.1, -0.05) is 12.1 Å². The minimum absolute atomic E-state index is 0.0112. The number of primary sulfonamides is 1. The summed E-state index contributed by atoms with van der Waals surface area (Å²) < 4.78 is 81.3. The third-order valence-electron chi connectivity index (χ3n) is 3.76. The van der Waals surface area contributed by atoms with Gasteiger partial charge in [0.1, 0.15) is 16.4 Å². The number of rotatable bonds is 7. The van der Waals surface area contributed by atoms with Crippen LogP contribution < -0.4 is 20.9 Å². The number of nitrogens with zero attached hydrogens (tertiary/aromatic N) is 1. The SMILES string of the molecule is CN(C)CCc1ccc(Oc2ccc(C(=O)NC(=N)N)cc2S(N)(=O)=O)cc1.CS(=O)(=O)O.CS(=O)(=O)O. The van der Waals surface area contributed by atoms with E-state index in [4.69, 9.17) is 30.1 Å². The van der Waals surface area contributed by atoms with Crippen LogP contribution in [0, 0.1) is 5.41 Å². The van der Waals surface area contributed by atoms with Crippen molar-refractivity contribution in [3.8, 4) is 11.5 Å². The van der Waals surface area contributed by atoms with E-state index in [1.807, 2.05) is 26.2 Å². The van der Waals surface area contributed by atoms with Crippen LogP contribution in [-0.4, -0.2) is 84.3 Å². The number of carbonyl (C=O) groups excluding carboxylic acids is 1. The standard InChI is InChI=1S/C18H23N5O4S.2CH4O3S/c1-23(2)10-9-12-3-6-14(7-4-12)27-15-8-5-13(17(24)22-18(19)20)11-16(15)28(21,25)26;2*1-5(2,3)4/h3-8,11H,9-10H2,1-2H3,(H2,21,25,26)(H4,19,20,22,24);2*1H3,(H,2,3,4). The number of carbonyl (C=O) groups is 1. The van der Waals surface area contributed by atoms with Crippen molar-refractivity contribution < 1.29 is 43.9 Å². The van der Waals surface area contributed by atoms with Gasteiger partial charge < -0.3 is 15.4 Å². The molecule has 18 heteroatoms. The highest BCUT2D eigenvalue weighted by Gasteiger charge is 2.19. The molecule has 15 nitrogen and oxygen atoms in total. The van der Waals surface area contributed by atoms with Crippen LogP contribution in [-0.2, 0) is 36.7 Å². The highest BCUT2D eigenvalue weighted by atomic mass is 32.2. The predicted molar refractivity (Wildman–Crippen MR) is 141 cm³/mol. The van der Waals surface area contributed by atoms with Crippen LogP contribution in [0.25, 0.3) is 0 Å². The number of ether oxygens (including phenoxy) is 1. The molecule has 2 aromatic carbocycles. The van der Waals surface area contributed by atoms with E-state index in [-0.39, 0.29) is 16.2 Å². The zero-order chi connectivity index (χ0) is 29.9. The first kappa shape index (κ1) is 34.9. The Kier molecular flexibility index (Phi) is 13.5. The molecule has 1 amide bonds. The second-order valence-corrected chi connectivity index (χ2v) is 12.3. The average Bonchev–Trinajstić information content (AvgIpc) is 2.69. The van der Waals surface area contributed by atoms with E-state index in [1.165, 1.54) is 12.1 Å². The lowest BCUT2D eigenvalue weighted by molar-refractivity contribution is 0.0976. The molecule has 214 valence electrons. The van der Waals surface area contributed by atoms with Crippen LogP contribution in [0.1, 0.15) is 15.9 Å². The Morgan fingerprint density at radius 3 is 1.84 bits per heavy atom. The predicted octanol–water partition coefficient (Wildman–Crippen LogP) is -0.138. The largest absolute Gasteiger partial charge is 0.456 e. The van der Waals surface area contributed by atoms with Gasteiger partial charge in [-0.25, -0.2) is 13.6 Å². The maximum Gasteiger partial charge on any atom is 0.261 e. The summed E-state index contributed by atoms with van der Waals surface area (Å²) >= 11 is 0. The third kappa shape index (κ3) is 18.2. The number of guanidine groups is 1. The van der Waals surface area contributed by atoms with Gasteiger partial charge in [0, 0.05) is 12.1 Å². The van der Waals surface area contributed by atoms with E-state index in [1.54, 1.807) is 12.1 Å². The van der Waals surface area contributed by atoms with Crippen LogP contribution >= 0.6 is 0 Å². The van der Waals surface area contributed by atoms with E-state index < -0.39 is 42.1 Å². The first-order valence-corrected chi connectivity index (χ1v) is 15.4. The number of likely N-dealkylation sites (N-methyl/N-ethyl adjacent to an activating group) is 1. The normalized spacial score (nSPS) is 11.4. The van der Waals surface area contributed by atoms with Gasteiger partial charge >= 0.3 is 0 Å². The molecule has 0 unspecified atom stereocenters. The summed E-state index contributed by atoms with van der Waals surface area (Å²) in [5.74, 6) is -0.867. The molecular weight excluding hydrogens is 566 g/mol. The molecule has 2 rings (SSSR count). The van der Waals surface area contributed by atoms with E-state index >= 15 is 0 Å². The molecule has 0 fully saturated rings. The van der Waals surface area contributed by atoms with E-state index in [0.29, 0.717) is 18.3 Å². The van der Waals surface area contributed by atoms with Crippen molar-refractivity contribution >= 4 is 42.1 Å². The van der Waals surface area contributed by atoms with Gasteiger partial charge in [0.15, 0.2) is 5.96 Å². The molecule has 2 aromatic rings. The Bertz CT molecular complexity index is 1380. The summed E-state index contributed by atoms with van der Waals surface area (Å²) in [7, 11) is -7.51. The van der Waals surface area contributed by atoms with Crippen LogP contribution in [0.3, 0.4) is 0 Å². The minimum atomic E-state index is -4.16. The number of amides is 1. The Morgan fingerprint density at radius 1 is 0.974 bits per heavy atom. The second kappa shape index (κ2) is 14.7. The topological polar surface area (TPSA) is 260 Å². The third-order valence-corrected chi connectivity index (χ3v) is 4.69. The molecule has 0 aliphatic rings. The fraction of sp³-hybridized carbons (Fsp3) is 0.300. The minimum Gasteiger partial charge on any atom is -0.456 e. The first-order chi connectivity index (χ1) is 17.1. The number of sulfonamides is 1. The summed E-state index contributed by atoms with van der Waals surface area (Å²) in [5, 5.41) is 14.4. The van der Waals surface area contributed by atoms with Gasteiger partial charge in [-0.2, -0.15) is 16.8 Å². The van der Waals surface area contributed by atoms with Gasteiger partial charge in [0.05, 0.1) is 12.5 Å². The summed E-state index contributed by atoms with van der Waals surface area (Å²) in [6, 6.07) is 11.0. The fourth-order valence-corrected chi connectivity index (χ4v) is 3.04. The molecule has 0 atom stereocenters. The Morgan fingerprint density at radius 2 is 1.45 bits per heavy atom. The van der Waals surface area contributed by atoms with E-state index in [2.05, 4.69) is 10.2 Å². The maximum absolute atomic E-state index is 11.9. The van der Waals surface area contributed by atoms with E-state index in [9.17, 15) is 30.0 Å². The molecule has 0 saturated heterocycles. The fourth-order valence-electron chi connectivity index (χ4n) is 2.35. The number of hydrogen-bond donors (Lipinski definition) is 6. The van der Waals surface area contributed by atoms with Crippen molar-refractivity contribution in [2.75, 3.05) is 33.2 Å². The van der Waals surface area contributed by atoms with Crippen molar-refractivity contribution in [3.63, 3.8) is 0 Å². The maximum atomic E-state index is 11.9. The molecule has 0 spiro atoms. The number of nitrogens with one attached hydrogen (secondary N) is 2. The smallest absolute Gasteiger partial charge is 0.261 e. The highest BCUT2D eigenvalue weighted by Crippen LogP contribution is 2.29. The Labute approximate surface area is 221 Å². The number of benzene rings is 2. The molecule has 0 aliphatic heterocycles. The molecule has 0 saturated carbocycles. The van der Waals surface area contributed by atoms with E-state index in [0.717, 1.165) is 24.6 Å². The van der Waals surface area contributed by atoms with Crippen molar-refractivity contribution in [1.82, 2.24) is 10.2 Å². The molecular formula is C20H31N5O10S3. The molecule has 0 bridgehead atoms. The van der Waals surface area contributed by atoms with Crippen molar-refractivity contribution in [3.05, 3.63) is 53.6 Å². The summed E-state index contributed by atoms with van der Waals surface area (Å²) in [6.45, 7) is 0.902. The average molecular weight is 598 g/mol. The van der Waals surface area contributed by atoms with Crippen LogP contribution in [0.2, 0.25) is 0 Å². The number of nitrogens with two attached hydrogens (primary N) is 2. The summed E-state index contributed by atoms with van der Waals surface area (Å²) in [6.07, 6.45) is 2.30.